The van der Waals surface area contributed by atoms with Gasteiger partial charge < -0.3 is 15.0 Å². The van der Waals surface area contributed by atoms with Gasteiger partial charge in [0.05, 0.1) is 6.54 Å². The minimum Gasteiger partial charge on any atom is -0.381 e. The van der Waals surface area contributed by atoms with Crippen LogP contribution in [-0.4, -0.2) is 36.7 Å². The van der Waals surface area contributed by atoms with Crippen molar-refractivity contribution in [3.05, 3.63) is 58.3 Å². The Hall–Kier alpha value is -1.85. The molecule has 0 radical (unpaired) electrons. The Kier molecular flexibility index (Phi) is 6.89. The quantitative estimate of drug-likeness (QED) is 0.758. The maximum atomic E-state index is 12.8. The number of nitrogens with one attached hydrogen (secondary N) is 1. The van der Waals surface area contributed by atoms with Crippen molar-refractivity contribution in [2.45, 2.75) is 38.3 Å². The van der Waals surface area contributed by atoms with Gasteiger partial charge in [-0.1, -0.05) is 36.4 Å². The van der Waals surface area contributed by atoms with E-state index in [0.29, 0.717) is 13.1 Å². The monoisotopic (exact) mass is 358 g/mol. The number of carbonyl (C=O) groups is 1. The minimum atomic E-state index is 0.0494. The van der Waals surface area contributed by atoms with E-state index < -0.39 is 0 Å². The van der Waals surface area contributed by atoms with Crippen LogP contribution in [0, 0.1) is 0 Å². The number of benzene rings is 1. The summed E-state index contributed by atoms with van der Waals surface area (Å²) in [4.78, 5) is 16.0. The highest BCUT2D eigenvalue weighted by Crippen LogP contribution is 2.20. The van der Waals surface area contributed by atoms with Gasteiger partial charge in [-0.15, -0.1) is 11.3 Å². The lowest BCUT2D eigenvalue weighted by Crippen LogP contribution is -2.47. The Morgan fingerprint density at radius 3 is 2.68 bits per heavy atom. The maximum absolute atomic E-state index is 12.8. The first-order valence-corrected chi connectivity index (χ1v) is 9.89. The summed E-state index contributed by atoms with van der Waals surface area (Å²) in [5.74, 6) is 0. The van der Waals surface area contributed by atoms with Crippen LogP contribution in [0.25, 0.3) is 0 Å². The molecule has 2 aromatic rings. The van der Waals surface area contributed by atoms with Crippen LogP contribution >= 0.6 is 11.3 Å². The van der Waals surface area contributed by atoms with Crippen LogP contribution in [0.3, 0.4) is 0 Å². The predicted molar refractivity (Wildman–Crippen MR) is 102 cm³/mol. The van der Waals surface area contributed by atoms with Crippen LogP contribution in [0.4, 0.5) is 4.79 Å². The lowest BCUT2D eigenvalue weighted by Gasteiger charge is -2.34. The molecule has 0 spiro atoms. The fraction of sp³-hybridized carbons (Fsp3) is 0.450. The largest absolute Gasteiger partial charge is 0.381 e. The van der Waals surface area contributed by atoms with E-state index in [0.717, 1.165) is 38.9 Å². The molecule has 1 aliphatic heterocycles. The van der Waals surface area contributed by atoms with E-state index in [1.165, 1.54) is 10.4 Å². The molecule has 1 saturated heterocycles. The molecule has 25 heavy (non-hydrogen) atoms. The number of thiophene rings is 1. The van der Waals surface area contributed by atoms with Crippen molar-refractivity contribution in [2.24, 2.45) is 0 Å². The van der Waals surface area contributed by atoms with E-state index in [4.69, 9.17) is 4.74 Å². The summed E-state index contributed by atoms with van der Waals surface area (Å²) in [7, 11) is 0. The molecule has 5 heteroatoms. The molecule has 2 heterocycles. The van der Waals surface area contributed by atoms with Crippen LogP contribution in [0.1, 0.15) is 29.7 Å². The van der Waals surface area contributed by atoms with Gasteiger partial charge in [-0.2, -0.15) is 0 Å². The van der Waals surface area contributed by atoms with Gasteiger partial charge in [0, 0.05) is 30.7 Å². The highest BCUT2D eigenvalue weighted by molar-refractivity contribution is 7.09. The number of hydrogen-bond donors (Lipinski definition) is 1. The number of urea groups is 1. The number of aryl methyl sites for hydroxylation is 1. The average Bonchev–Trinajstić information content (AvgIpc) is 3.18. The molecule has 2 amide bonds. The maximum Gasteiger partial charge on any atom is 0.317 e. The summed E-state index contributed by atoms with van der Waals surface area (Å²) in [5.41, 5.74) is 1.32. The van der Waals surface area contributed by atoms with Crippen LogP contribution in [0.15, 0.2) is 47.8 Å². The number of nitrogens with zero attached hydrogens (tertiary/aromatic N) is 1. The fourth-order valence-corrected chi connectivity index (χ4v) is 3.87. The van der Waals surface area contributed by atoms with Crippen LogP contribution in [0.2, 0.25) is 0 Å². The molecular formula is C20H26N2O2S. The van der Waals surface area contributed by atoms with Crippen LogP contribution in [-0.2, 0) is 17.7 Å². The first-order chi connectivity index (χ1) is 12.3. The first-order valence-electron chi connectivity index (χ1n) is 9.01. The Labute approximate surface area is 153 Å². The van der Waals surface area contributed by atoms with Gasteiger partial charge in [-0.25, -0.2) is 4.79 Å². The summed E-state index contributed by atoms with van der Waals surface area (Å²) >= 11 is 1.71. The second kappa shape index (κ2) is 9.59. The molecule has 1 aromatic heterocycles. The molecule has 0 atom stereocenters. The molecule has 1 aromatic carbocycles. The van der Waals surface area contributed by atoms with Crippen LogP contribution < -0.4 is 5.32 Å². The number of ether oxygens (including phenoxy) is 1. The van der Waals surface area contributed by atoms with Gasteiger partial charge in [-0.05, 0) is 42.7 Å². The summed E-state index contributed by atoms with van der Waals surface area (Å²) in [6.07, 6.45) is 3.78. The second-order valence-electron chi connectivity index (χ2n) is 6.37. The third-order valence-electron chi connectivity index (χ3n) is 4.56. The highest BCUT2D eigenvalue weighted by atomic mass is 32.1. The Bertz CT molecular complexity index is 624. The van der Waals surface area contributed by atoms with Crippen molar-refractivity contribution in [2.75, 3.05) is 19.8 Å². The predicted octanol–water partition coefficient (Wildman–Crippen LogP) is 4.07. The van der Waals surface area contributed by atoms with Crippen molar-refractivity contribution in [1.29, 1.82) is 0 Å². The molecule has 4 nitrogen and oxygen atoms in total. The normalized spacial score (nSPS) is 15.0. The van der Waals surface area contributed by atoms with Crippen LogP contribution in [0.5, 0.6) is 0 Å². The lowest BCUT2D eigenvalue weighted by atomic mass is 10.1. The molecule has 0 aliphatic carbocycles. The average molecular weight is 359 g/mol. The zero-order valence-electron chi connectivity index (χ0n) is 14.5. The summed E-state index contributed by atoms with van der Waals surface area (Å²) < 4.78 is 5.46. The van der Waals surface area contributed by atoms with Gasteiger partial charge >= 0.3 is 6.03 Å². The van der Waals surface area contributed by atoms with Crippen molar-refractivity contribution in [3.63, 3.8) is 0 Å². The van der Waals surface area contributed by atoms with Gasteiger partial charge in [0.15, 0.2) is 0 Å². The summed E-state index contributed by atoms with van der Waals surface area (Å²) in [6.45, 7) is 2.88. The Morgan fingerprint density at radius 1 is 1.16 bits per heavy atom. The molecule has 0 saturated carbocycles. The SMILES string of the molecule is O=C(NCCCc1ccccc1)N(Cc1cccs1)C1CCOCC1. The van der Waals surface area contributed by atoms with Gasteiger partial charge in [0.1, 0.15) is 0 Å². The molecular weight excluding hydrogens is 332 g/mol. The molecule has 1 fully saturated rings. The minimum absolute atomic E-state index is 0.0494. The second-order valence-corrected chi connectivity index (χ2v) is 7.40. The highest BCUT2D eigenvalue weighted by Gasteiger charge is 2.26. The van der Waals surface area contributed by atoms with Gasteiger partial charge in [-0.3, -0.25) is 0 Å². The topological polar surface area (TPSA) is 41.6 Å². The zero-order chi connectivity index (χ0) is 17.3. The summed E-state index contributed by atoms with van der Waals surface area (Å²) in [6, 6.07) is 14.9. The lowest BCUT2D eigenvalue weighted by molar-refractivity contribution is 0.0440. The molecule has 1 N–H and O–H groups in total. The number of amides is 2. The van der Waals surface area contributed by atoms with Crippen molar-refractivity contribution >= 4 is 17.4 Å². The zero-order valence-corrected chi connectivity index (χ0v) is 15.3. The van der Waals surface area contributed by atoms with Crippen molar-refractivity contribution in [3.8, 4) is 0 Å². The third kappa shape index (κ3) is 5.58. The fourth-order valence-electron chi connectivity index (χ4n) is 3.17. The van der Waals surface area contributed by atoms with Gasteiger partial charge in [0.25, 0.3) is 0 Å². The van der Waals surface area contributed by atoms with E-state index in [9.17, 15) is 4.79 Å². The molecule has 0 unspecified atom stereocenters. The Morgan fingerprint density at radius 2 is 1.96 bits per heavy atom. The van der Waals surface area contributed by atoms with E-state index in [-0.39, 0.29) is 12.1 Å². The third-order valence-corrected chi connectivity index (χ3v) is 5.42. The smallest absolute Gasteiger partial charge is 0.317 e. The molecule has 0 bridgehead atoms. The van der Waals surface area contributed by atoms with E-state index in [1.807, 2.05) is 17.0 Å². The first kappa shape index (κ1) is 18.0. The van der Waals surface area contributed by atoms with E-state index in [1.54, 1.807) is 11.3 Å². The number of hydrogen-bond acceptors (Lipinski definition) is 3. The number of rotatable bonds is 7. The Balaban J connectivity index is 1.51. The molecule has 3 rings (SSSR count). The molecule has 134 valence electrons. The summed E-state index contributed by atoms with van der Waals surface area (Å²) in [5, 5.41) is 5.18. The van der Waals surface area contributed by atoms with Gasteiger partial charge in [0.2, 0.25) is 0 Å². The molecule has 1 aliphatic rings. The van der Waals surface area contributed by atoms with E-state index >= 15 is 0 Å². The standard InChI is InChI=1S/C20H26N2O2S/c23-20(21-12-4-8-17-6-2-1-3-7-17)22(16-19-9-5-15-25-19)18-10-13-24-14-11-18/h1-3,5-7,9,15,18H,4,8,10-14,16H2,(H,21,23). The van der Waals surface area contributed by atoms with Crippen molar-refractivity contribution < 1.29 is 9.53 Å². The van der Waals surface area contributed by atoms with E-state index in [2.05, 4.69) is 41.0 Å². The van der Waals surface area contributed by atoms with Crippen molar-refractivity contribution in [1.82, 2.24) is 10.2 Å². The number of carbonyl (C=O) groups excluding carboxylic acids is 1.